The fraction of sp³-hybridized carbons (Fsp3) is 0.562. The lowest BCUT2D eigenvalue weighted by atomic mass is 10.0. The summed E-state index contributed by atoms with van der Waals surface area (Å²) in [5.74, 6) is -1.55. The third-order valence-corrected chi connectivity index (χ3v) is 7.70. The molecule has 0 saturated heterocycles. The topological polar surface area (TPSA) is 121 Å². The lowest BCUT2D eigenvalue weighted by Gasteiger charge is -2.36. The van der Waals surface area contributed by atoms with Gasteiger partial charge in [-0.25, -0.2) is 0 Å². The second kappa shape index (κ2) is 16.6. The van der Waals surface area contributed by atoms with Gasteiger partial charge in [-0.3, -0.25) is 19.4 Å². The Balaban J connectivity index is 1.91. The average molecular weight is 637 g/mol. The summed E-state index contributed by atoms with van der Waals surface area (Å²) in [6.07, 6.45) is -1.97. The van der Waals surface area contributed by atoms with Crippen molar-refractivity contribution in [3.05, 3.63) is 53.9 Å². The second-order valence-corrected chi connectivity index (χ2v) is 11.6. The van der Waals surface area contributed by atoms with Crippen molar-refractivity contribution in [3.8, 4) is 5.75 Å². The number of amides is 3. The molecule has 0 aliphatic carbocycles. The zero-order valence-corrected chi connectivity index (χ0v) is 26.2. The molecule has 1 aromatic heterocycles. The number of nitrogens with one attached hydrogen (secondary N) is 1. The zero-order chi connectivity index (χ0) is 33.1. The van der Waals surface area contributed by atoms with Crippen molar-refractivity contribution in [2.45, 2.75) is 77.3 Å². The molecule has 3 rings (SSSR count). The van der Waals surface area contributed by atoms with Crippen molar-refractivity contribution in [2.24, 2.45) is 5.92 Å². The lowest BCUT2D eigenvalue weighted by molar-refractivity contribution is -0.142. The molecule has 0 spiro atoms. The first kappa shape index (κ1) is 35.8. The summed E-state index contributed by atoms with van der Waals surface area (Å²) in [5, 5.41) is 12.5. The van der Waals surface area contributed by atoms with Gasteiger partial charge in [-0.1, -0.05) is 6.92 Å². The number of anilines is 1. The van der Waals surface area contributed by atoms with Crippen LogP contribution in [0.1, 0.15) is 73.6 Å². The zero-order valence-electron chi connectivity index (χ0n) is 26.2. The Labute approximate surface area is 261 Å². The van der Waals surface area contributed by atoms with Crippen LogP contribution in [0.3, 0.4) is 0 Å². The Bertz CT molecular complexity index is 1280. The predicted molar refractivity (Wildman–Crippen MR) is 162 cm³/mol. The number of aromatic nitrogens is 1. The van der Waals surface area contributed by atoms with E-state index in [1.807, 2.05) is 13.8 Å². The fourth-order valence-corrected chi connectivity index (χ4v) is 5.01. The van der Waals surface area contributed by atoms with Gasteiger partial charge in [0.25, 0.3) is 11.8 Å². The normalized spacial score (nSPS) is 20.8. The van der Waals surface area contributed by atoms with Gasteiger partial charge in [0, 0.05) is 62.7 Å². The van der Waals surface area contributed by atoms with E-state index in [9.17, 15) is 32.7 Å². The number of halogens is 3. The summed E-state index contributed by atoms with van der Waals surface area (Å²) in [6.45, 7) is 5.96. The van der Waals surface area contributed by atoms with Crippen molar-refractivity contribution in [1.29, 1.82) is 0 Å². The van der Waals surface area contributed by atoms with Crippen LogP contribution in [0.25, 0.3) is 0 Å². The monoisotopic (exact) mass is 636 g/mol. The van der Waals surface area contributed by atoms with Gasteiger partial charge >= 0.3 is 6.18 Å². The quantitative estimate of drug-likeness (QED) is 0.422. The number of ether oxygens (including phenoxy) is 2. The van der Waals surface area contributed by atoms with Crippen LogP contribution in [0, 0.1) is 5.92 Å². The summed E-state index contributed by atoms with van der Waals surface area (Å²) >= 11 is 0. The maximum Gasteiger partial charge on any atom is 0.389 e. The number of nitrogens with zero attached hydrogens (tertiary/aromatic N) is 3. The summed E-state index contributed by atoms with van der Waals surface area (Å²) in [7, 11) is 1.68. The molecule has 2 N–H and O–H groups in total. The van der Waals surface area contributed by atoms with Gasteiger partial charge in [0.2, 0.25) is 5.91 Å². The number of benzene rings is 1. The summed E-state index contributed by atoms with van der Waals surface area (Å²) < 4.78 is 50.3. The number of aliphatic hydroxyl groups excluding tert-OH is 1. The van der Waals surface area contributed by atoms with Crippen LogP contribution in [0.2, 0.25) is 0 Å². The van der Waals surface area contributed by atoms with Gasteiger partial charge in [0.1, 0.15) is 5.75 Å². The minimum absolute atomic E-state index is 0.0995. The van der Waals surface area contributed by atoms with Crippen LogP contribution >= 0.6 is 0 Å². The molecule has 1 aromatic carbocycles. The Hall–Kier alpha value is -3.71. The third kappa shape index (κ3) is 11.0. The molecule has 4 atom stereocenters. The Kier molecular flexibility index (Phi) is 13.2. The largest absolute Gasteiger partial charge is 0.490 e. The molecular weight excluding hydrogens is 593 g/mol. The first-order chi connectivity index (χ1) is 21.3. The lowest BCUT2D eigenvalue weighted by Crippen LogP contribution is -2.48. The molecule has 1 aliphatic rings. The van der Waals surface area contributed by atoms with E-state index in [0.717, 1.165) is 12.8 Å². The molecule has 1 aliphatic heterocycles. The first-order valence-electron chi connectivity index (χ1n) is 15.1. The van der Waals surface area contributed by atoms with E-state index in [0.29, 0.717) is 18.6 Å². The van der Waals surface area contributed by atoms with Crippen molar-refractivity contribution in [3.63, 3.8) is 0 Å². The molecule has 0 bridgehead atoms. The van der Waals surface area contributed by atoms with Crippen LogP contribution < -0.4 is 10.1 Å². The molecule has 0 fully saturated rings. The minimum atomic E-state index is -4.48. The molecule has 45 heavy (non-hydrogen) atoms. The van der Waals surface area contributed by atoms with Crippen molar-refractivity contribution in [1.82, 2.24) is 14.8 Å². The van der Waals surface area contributed by atoms with E-state index in [4.69, 9.17) is 9.47 Å². The van der Waals surface area contributed by atoms with Crippen LogP contribution in [0.15, 0.2) is 42.7 Å². The molecular formula is C32H43F3N4O6. The molecule has 10 nitrogen and oxygen atoms in total. The third-order valence-electron chi connectivity index (χ3n) is 7.70. The van der Waals surface area contributed by atoms with Crippen molar-refractivity contribution >= 4 is 23.4 Å². The minimum Gasteiger partial charge on any atom is -0.490 e. The summed E-state index contributed by atoms with van der Waals surface area (Å²) in [5.41, 5.74) is 0.731. The summed E-state index contributed by atoms with van der Waals surface area (Å²) in [4.78, 5) is 46.5. The highest BCUT2D eigenvalue weighted by molar-refractivity contribution is 5.99. The number of rotatable bonds is 8. The Morgan fingerprint density at radius 2 is 1.89 bits per heavy atom. The van der Waals surface area contributed by atoms with Gasteiger partial charge in [-0.2, -0.15) is 13.2 Å². The molecule has 248 valence electrons. The van der Waals surface area contributed by atoms with E-state index in [1.165, 1.54) is 23.1 Å². The number of alkyl halides is 3. The first-order valence-corrected chi connectivity index (χ1v) is 15.1. The highest BCUT2D eigenvalue weighted by atomic mass is 19.4. The van der Waals surface area contributed by atoms with Gasteiger partial charge < -0.3 is 29.7 Å². The van der Waals surface area contributed by atoms with Gasteiger partial charge in [0.15, 0.2) is 0 Å². The number of pyridine rings is 1. The van der Waals surface area contributed by atoms with E-state index < -0.39 is 43.0 Å². The smallest absolute Gasteiger partial charge is 0.389 e. The van der Waals surface area contributed by atoms with Crippen molar-refractivity contribution in [2.75, 3.05) is 38.7 Å². The number of aliphatic hydroxyl groups is 1. The standard InChI is InChI=1S/C32H43F3N4O6/c1-21-18-39(22(2)20-40)31(43)26-17-25(37-29(41)10-13-32(33,34)35)8-9-27(26)45-23(3)7-5-6-16-44-28(21)19-38(4)30(42)24-11-14-36-15-12-24/h8-9,11-12,14-15,17,21-23,28,40H,5-7,10,13,16,18-20H2,1-4H3,(H,37,41)/t21-,22+,23+,28-/m1/s1. The van der Waals surface area contributed by atoms with E-state index in [1.54, 1.807) is 43.4 Å². The SMILES string of the molecule is C[C@@H]1CN([C@@H](C)CO)C(=O)c2cc(NC(=O)CCC(F)(F)F)ccc2O[C@@H](C)CCCCO[C@@H]1CN(C)C(=O)c1ccncc1. The second-order valence-electron chi connectivity index (χ2n) is 11.6. The van der Waals surface area contributed by atoms with Crippen LogP contribution in [0.5, 0.6) is 5.75 Å². The number of fused-ring (bicyclic) bond motifs is 1. The Morgan fingerprint density at radius 1 is 1.18 bits per heavy atom. The molecule has 2 aromatic rings. The molecule has 3 amide bonds. The predicted octanol–water partition coefficient (Wildman–Crippen LogP) is 4.93. The highest BCUT2D eigenvalue weighted by Crippen LogP contribution is 2.29. The van der Waals surface area contributed by atoms with E-state index >= 15 is 0 Å². The number of carbonyl (C=O) groups excluding carboxylic acids is 3. The van der Waals surface area contributed by atoms with Gasteiger partial charge in [0.05, 0.1) is 36.8 Å². The molecule has 13 heteroatoms. The Morgan fingerprint density at radius 3 is 2.56 bits per heavy atom. The van der Waals surface area contributed by atoms with Crippen LogP contribution in [-0.4, -0.2) is 95.4 Å². The van der Waals surface area contributed by atoms with Crippen molar-refractivity contribution < 1.29 is 42.1 Å². The number of likely N-dealkylation sites (N-methyl/N-ethyl adjacent to an activating group) is 1. The van der Waals surface area contributed by atoms with Gasteiger partial charge in [-0.05, 0) is 63.4 Å². The molecule has 2 heterocycles. The maximum atomic E-state index is 14.1. The fourth-order valence-electron chi connectivity index (χ4n) is 5.01. The average Bonchev–Trinajstić information content (AvgIpc) is 3.01. The maximum absolute atomic E-state index is 14.1. The van der Waals surface area contributed by atoms with E-state index in [-0.39, 0.29) is 54.6 Å². The molecule has 0 unspecified atom stereocenters. The molecule has 0 radical (unpaired) electrons. The summed E-state index contributed by atoms with van der Waals surface area (Å²) in [6, 6.07) is 7.03. The van der Waals surface area contributed by atoms with Crippen LogP contribution in [-0.2, 0) is 9.53 Å². The number of carbonyl (C=O) groups is 3. The molecule has 0 saturated carbocycles. The van der Waals surface area contributed by atoms with Gasteiger partial charge in [-0.15, -0.1) is 0 Å². The highest BCUT2D eigenvalue weighted by Gasteiger charge is 2.32. The number of hydrogen-bond acceptors (Lipinski definition) is 7. The van der Waals surface area contributed by atoms with Crippen LogP contribution in [0.4, 0.5) is 18.9 Å². The number of hydrogen-bond donors (Lipinski definition) is 2. The van der Waals surface area contributed by atoms with E-state index in [2.05, 4.69) is 10.3 Å².